The van der Waals surface area contributed by atoms with Gasteiger partial charge in [0.15, 0.2) is 0 Å². The number of carbonyl (C=O) groups excluding carboxylic acids is 2. The van der Waals surface area contributed by atoms with Crippen LogP contribution in [0.25, 0.3) is 10.9 Å². The molecule has 1 atom stereocenters. The van der Waals surface area contributed by atoms with Crippen molar-refractivity contribution in [2.45, 2.75) is 19.4 Å². The van der Waals surface area contributed by atoms with Crippen molar-refractivity contribution in [3.8, 4) is 5.75 Å². The molecule has 2 aromatic carbocycles. The van der Waals surface area contributed by atoms with Crippen molar-refractivity contribution in [1.82, 2.24) is 9.88 Å². The van der Waals surface area contributed by atoms with Gasteiger partial charge in [-0.1, -0.05) is 24.3 Å². The van der Waals surface area contributed by atoms with Crippen molar-refractivity contribution in [2.24, 2.45) is 5.92 Å². The predicted molar refractivity (Wildman–Crippen MR) is 111 cm³/mol. The molecular weight excluding hydrogens is 366 g/mol. The second-order valence-corrected chi connectivity index (χ2v) is 7.74. The Bertz CT molecular complexity index is 1100. The summed E-state index contributed by atoms with van der Waals surface area (Å²) in [6.45, 7) is 1.70. The van der Waals surface area contributed by atoms with E-state index in [1.165, 1.54) is 16.6 Å². The SMILES string of the molecule is COc1cccc(N2C[C@H](C(=O)N3CCc4[nH]c5ccccc5c4C3)CC2=O)c1. The van der Waals surface area contributed by atoms with Crippen molar-refractivity contribution < 1.29 is 14.3 Å². The van der Waals surface area contributed by atoms with Crippen LogP contribution in [-0.2, 0) is 22.6 Å². The topological polar surface area (TPSA) is 65.6 Å². The van der Waals surface area contributed by atoms with E-state index in [-0.39, 0.29) is 24.2 Å². The Morgan fingerprint density at radius 2 is 2.03 bits per heavy atom. The lowest BCUT2D eigenvalue weighted by atomic mass is 10.0. The van der Waals surface area contributed by atoms with Crippen molar-refractivity contribution in [3.05, 3.63) is 59.8 Å². The van der Waals surface area contributed by atoms with Crippen molar-refractivity contribution >= 4 is 28.4 Å². The van der Waals surface area contributed by atoms with Crippen LogP contribution in [0.1, 0.15) is 17.7 Å². The summed E-state index contributed by atoms with van der Waals surface area (Å²) in [6.07, 6.45) is 1.07. The zero-order valence-electron chi connectivity index (χ0n) is 16.4. The summed E-state index contributed by atoms with van der Waals surface area (Å²) in [6, 6.07) is 15.6. The van der Waals surface area contributed by atoms with Crippen molar-refractivity contribution in [3.63, 3.8) is 0 Å². The van der Waals surface area contributed by atoms with E-state index in [1.54, 1.807) is 12.0 Å². The summed E-state index contributed by atoms with van der Waals surface area (Å²) in [5, 5.41) is 1.18. The zero-order valence-corrected chi connectivity index (χ0v) is 16.4. The van der Waals surface area contributed by atoms with Gasteiger partial charge < -0.3 is 19.5 Å². The molecule has 2 amide bonds. The normalized spacial score (nSPS) is 18.9. The van der Waals surface area contributed by atoms with Crippen LogP contribution in [0.4, 0.5) is 5.69 Å². The van der Waals surface area contributed by atoms with Gasteiger partial charge in [-0.05, 0) is 18.2 Å². The number of methoxy groups -OCH3 is 1. The Labute approximate surface area is 169 Å². The number of aromatic amines is 1. The highest BCUT2D eigenvalue weighted by Gasteiger charge is 2.38. The molecule has 3 aromatic rings. The molecule has 0 aliphatic carbocycles. The third kappa shape index (κ3) is 3.05. The Morgan fingerprint density at radius 1 is 1.17 bits per heavy atom. The van der Waals surface area contributed by atoms with E-state index in [9.17, 15) is 9.59 Å². The molecule has 6 heteroatoms. The highest BCUT2D eigenvalue weighted by atomic mass is 16.5. The third-order valence-corrected chi connectivity index (χ3v) is 6.03. The maximum Gasteiger partial charge on any atom is 0.228 e. The minimum absolute atomic E-state index is 0.0126. The molecule has 1 aromatic heterocycles. The van der Waals surface area contributed by atoms with E-state index in [0.29, 0.717) is 25.4 Å². The zero-order chi connectivity index (χ0) is 20.0. The summed E-state index contributed by atoms with van der Waals surface area (Å²) < 4.78 is 5.26. The van der Waals surface area contributed by atoms with E-state index in [1.807, 2.05) is 41.3 Å². The molecule has 0 spiro atoms. The lowest BCUT2D eigenvalue weighted by molar-refractivity contribution is -0.136. The number of aromatic nitrogens is 1. The van der Waals surface area contributed by atoms with Crippen LogP contribution in [0, 0.1) is 5.92 Å². The lowest BCUT2D eigenvalue weighted by Crippen LogP contribution is -2.40. The van der Waals surface area contributed by atoms with Gasteiger partial charge in [-0.15, -0.1) is 0 Å². The summed E-state index contributed by atoms with van der Waals surface area (Å²) in [5.74, 6) is 0.453. The van der Waals surface area contributed by atoms with E-state index in [4.69, 9.17) is 4.74 Å². The van der Waals surface area contributed by atoms with Crippen LogP contribution in [-0.4, -0.2) is 41.9 Å². The molecule has 1 fully saturated rings. The maximum absolute atomic E-state index is 13.2. The maximum atomic E-state index is 13.2. The molecular formula is C23H23N3O3. The average Bonchev–Trinajstić information content (AvgIpc) is 3.33. The van der Waals surface area contributed by atoms with E-state index in [2.05, 4.69) is 17.1 Å². The molecule has 0 radical (unpaired) electrons. The Kier molecular flexibility index (Phi) is 4.27. The van der Waals surface area contributed by atoms with Crippen molar-refractivity contribution in [1.29, 1.82) is 0 Å². The molecule has 6 nitrogen and oxygen atoms in total. The van der Waals surface area contributed by atoms with Crippen LogP contribution >= 0.6 is 0 Å². The molecule has 3 heterocycles. The largest absolute Gasteiger partial charge is 0.497 e. The van der Waals surface area contributed by atoms with Gasteiger partial charge in [0.05, 0.1) is 13.0 Å². The number of amides is 2. The summed E-state index contributed by atoms with van der Waals surface area (Å²) in [7, 11) is 1.60. The first-order chi connectivity index (χ1) is 14.1. The summed E-state index contributed by atoms with van der Waals surface area (Å²) >= 11 is 0. The van der Waals surface area contributed by atoms with Gasteiger partial charge in [0, 0.05) is 66.4 Å². The minimum Gasteiger partial charge on any atom is -0.497 e. The highest BCUT2D eigenvalue weighted by molar-refractivity contribution is 6.00. The number of ether oxygens (including phenoxy) is 1. The second-order valence-electron chi connectivity index (χ2n) is 7.74. The Morgan fingerprint density at radius 3 is 2.90 bits per heavy atom. The molecule has 0 bridgehead atoms. The lowest BCUT2D eigenvalue weighted by Gasteiger charge is -2.29. The number of rotatable bonds is 3. The fraction of sp³-hybridized carbons (Fsp3) is 0.304. The number of nitrogens with one attached hydrogen (secondary N) is 1. The van der Waals surface area contributed by atoms with Gasteiger partial charge in [-0.2, -0.15) is 0 Å². The first kappa shape index (κ1) is 17.8. The molecule has 5 rings (SSSR count). The smallest absolute Gasteiger partial charge is 0.228 e. The Balaban J connectivity index is 1.34. The van der Waals surface area contributed by atoms with Crippen LogP contribution < -0.4 is 9.64 Å². The number of nitrogens with zero attached hydrogens (tertiary/aromatic N) is 2. The van der Waals surface area contributed by atoms with Crippen LogP contribution in [0.2, 0.25) is 0 Å². The number of carbonyl (C=O) groups is 2. The number of anilines is 1. The van der Waals surface area contributed by atoms with Gasteiger partial charge in [-0.3, -0.25) is 9.59 Å². The first-order valence-electron chi connectivity index (χ1n) is 9.95. The van der Waals surface area contributed by atoms with Gasteiger partial charge in [0.2, 0.25) is 11.8 Å². The fourth-order valence-electron chi connectivity index (χ4n) is 4.51. The minimum atomic E-state index is -0.305. The molecule has 2 aliphatic rings. The fourth-order valence-corrected chi connectivity index (χ4v) is 4.51. The molecule has 0 saturated carbocycles. The van der Waals surface area contributed by atoms with E-state index in [0.717, 1.165) is 17.6 Å². The number of para-hydroxylation sites is 1. The van der Waals surface area contributed by atoms with E-state index < -0.39 is 0 Å². The van der Waals surface area contributed by atoms with Crippen molar-refractivity contribution in [2.75, 3.05) is 25.1 Å². The van der Waals surface area contributed by atoms with Gasteiger partial charge in [-0.25, -0.2) is 0 Å². The molecule has 148 valence electrons. The molecule has 1 N–H and O–H groups in total. The summed E-state index contributed by atoms with van der Waals surface area (Å²) in [5.41, 5.74) is 4.32. The number of H-pyrrole nitrogens is 1. The third-order valence-electron chi connectivity index (χ3n) is 6.03. The summed E-state index contributed by atoms with van der Waals surface area (Å²) in [4.78, 5) is 32.9. The quantitative estimate of drug-likeness (QED) is 0.749. The first-order valence-corrected chi connectivity index (χ1v) is 9.95. The molecule has 29 heavy (non-hydrogen) atoms. The highest BCUT2D eigenvalue weighted by Crippen LogP contribution is 2.32. The molecule has 0 unspecified atom stereocenters. The van der Waals surface area contributed by atoms with Crippen LogP contribution in [0.3, 0.4) is 0 Å². The van der Waals surface area contributed by atoms with Crippen LogP contribution in [0.5, 0.6) is 5.75 Å². The Hall–Kier alpha value is -3.28. The predicted octanol–water partition coefficient (Wildman–Crippen LogP) is 3.11. The monoisotopic (exact) mass is 389 g/mol. The number of benzene rings is 2. The standard InChI is InChI=1S/C23H23N3O3/c1-29-17-6-4-5-16(12-17)26-13-15(11-22(26)27)23(28)25-10-9-21-19(14-25)18-7-2-3-8-20(18)24-21/h2-8,12,15,24H,9-11,13-14H2,1H3/t15-/m1/s1. The van der Waals surface area contributed by atoms with E-state index >= 15 is 0 Å². The van der Waals surface area contributed by atoms with Crippen LogP contribution in [0.15, 0.2) is 48.5 Å². The second kappa shape index (κ2) is 6.95. The average molecular weight is 389 g/mol. The van der Waals surface area contributed by atoms with Gasteiger partial charge in [0.25, 0.3) is 0 Å². The molecule has 1 saturated heterocycles. The van der Waals surface area contributed by atoms with Gasteiger partial charge in [0.1, 0.15) is 5.75 Å². The number of fused-ring (bicyclic) bond motifs is 3. The number of hydrogen-bond acceptors (Lipinski definition) is 3. The number of hydrogen-bond donors (Lipinski definition) is 1. The van der Waals surface area contributed by atoms with Gasteiger partial charge >= 0.3 is 0 Å². The molecule has 2 aliphatic heterocycles.